The van der Waals surface area contributed by atoms with Gasteiger partial charge in [-0.2, -0.15) is 0 Å². The van der Waals surface area contributed by atoms with E-state index in [2.05, 4.69) is 0 Å². The Bertz CT molecular complexity index is 940. The molecule has 0 amide bonds. The third kappa shape index (κ3) is 8.27. The highest BCUT2D eigenvalue weighted by Gasteiger charge is 2.54. The summed E-state index contributed by atoms with van der Waals surface area (Å²) in [6.07, 6.45) is -37.3. The molecule has 3 aliphatic rings. The normalized spacial score (nSPS) is 44.7. The SMILES string of the molecule is O=C([O-])[C@H](O)[C@@H](O)[C@H](O[C@@H]1O[C@H](CO)[C@@H](O[C@@H]2O[C@H](CO)[C@@H](O[C@@H]3O[C@H](CO)[C@@H](O)[C@H](O)[C@H]3O)[C@H](O)[C@H]2O)[C@H](O)[C@H]1O)[C@H](O)CO. The van der Waals surface area contributed by atoms with Crippen LogP contribution in [-0.4, -0.2) is 220 Å². The highest BCUT2D eigenvalue weighted by molar-refractivity contribution is 5.70. The van der Waals surface area contributed by atoms with Crippen LogP contribution in [0.1, 0.15) is 0 Å². The van der Waals surface area contributed by atoms with Gasteiger partial charge in [0.2, 0.25) is 0 Å². The molecule has 3 saturated heterocycles. The number of ether oxygens (including phenoxy) is 6. The summed E-state index contributed by atoms with van der Waals surface area (Å²) in [5, 5.41) is 152. The van der Waals surface area contributed by atoms with Gasteiger partial charge in [0, 0.05) is 0 Å². The van der Waals surface area contributed by atoms with Gasteiger partial charge in [-0.15, -0.1) is 0 Å². The molecule has 3 heterocycles. The fourth-order valence-corrected chi connectivity index (χ4v) is 5.13. The molecule has 0 spiro atoms. The van der Waals surface area contributed by atoms with E-state index in [0.29, 0.717) is 0 Å². The first-order valence-electron chi connectivity index (χ1n) is 14.0. The highest BCUT2D eigenvalue weighted by Crippen LogP contribution is 2.33. The quantitative estimate of drug-likeness (QED) is 0.0809. The lowest BCUT2D eigenvalue weighted by Gasteiger charge is -2.48. The molecule has 3 rings (SSSR count). The zero-order valence-corrected chi connectivity index (χ0v) is 23.8. The van der Waals surface area contributed by atoms with Gasteiger partial charge in [-0.3, -0.25) is 0 Å². The van der Waals surface area contributed by atoms with Gasteiger partial charge in [0.15, 0.2) is 18.9 Å². The Morgan fingerprint density at radius 3 is 1.46 bits per heavy atom. The van der Waals surface area contributed by atoms with Gasteiger partial charge in [0.05, 0.1) is 32.4 Å². The molecule has 0 bridgehead atoms. The molecule has 3 aliphatic heterocycles. The summed E-state index contributed by atoms with van der Waals surface area (Å²) in [6, 6.07) is 0. The third-order valence-corrected chi connectivity index (χ3v) is 7.83. The van der Waals surface area contributed by atoms with Crippen molar-refractivity contribution in [3.63, 3.8) is 0 Å². The molecule has 19 atom stereocenters. The van der Waals surface area contributed by atoms with E-state index in [1.165, 1.54) is 0 Å². The molecule has 22 heteroatoms. The van der Waals surface area contributed by atoms with Crippen molar-refractivity contribution in [2.24, 2.45) is 0 Å². The number of aliphatic hydroxyl groups is 14. The molecule has 22 nitrogen and oxygen atoms in total. The number of carboxylic acids is 1. The third-order valence-electron chi connectivity index (χ3n) is 7.83. The van der Waals surface area contributed by atoms with E-state index in [9.17, 15) is 81.4 Å². The maximum atomic E-state index is 11.0. The molecule has 0 saturated carbocycles. The van der Waals surface area contributed by atoms with Crippen LogP contribution in [0.25, 0.3) is 0 Å². The summed E-state index contributed by atoms with van der Waals surface area (Å²) in [7, 11) is 0. The number of aliphatic hydroxyl groups excluding tert-OH is 14. The van der Waals surface area contributed by atoms with Crippen molar-refractivity contribution < 1.29 is 110 Å². The predicted octanol–water partition coefficient (Wildman–Crippen LogP) is -11.4. The first-order chi connectivity index (χ1) is 21.6. The standard InChI is InChI=1S/C24H42O22/c25-1-5(29)18(11(32)14(35)21(39)40)44-23-16(37)12(33)20(7(3-27)42-23)46-24-17(38)13(34)19(8(4-28)43-24)45-22-15(36)10(31)9(30)6(2-26)41-22/h5-20,22-38H,1-4H2,(H,39,40)/p-1/t5-,6-,7-,8-,9-,10+,11-,12-,13-,14-,15-,16-,17-,18-,19-,20-,22+,23+,24+/m1/s1. The molecule has 0 aromatic heterocycles. The second kappa shape index (κ2) is 16.9. The monoisotopic (exact) mass is 681 g/mol. The fraction of sp³-hybridized carbons (Fsp3) is 0.958. The van der Waals surface area contributed by atoms with Crippen molar-refractivity contribution >= 4 is 5.97 Å². The molecule has 46 heavy (non-hydrogen) atoms. The Hall–Kier alpha value is -1.33. The van der Waals surface area contributed by atoms with E-state index in [0.717, 1.165) is 0 Å². The summed E-state index contributed by atoms with van der Waals surface area (Å²) in [6.45, 7) is -3.90. The van der Waals surface area contributed by atoms with Crippen LogP contribution in [0.15, 0.2) is 0 Å². The zero-order valence-electron chi connectivity index (χ0n) is 23.8. The maximum Gasteiger partial charge on any atom is 0.187 e. The lowest BCUT2D eigenvalue weighted by molar-refractivity contribution is -0.383. The van der Waals surface area contributed by atoms with Crippen LogP contribution < -0.4 is 5.11 Å². The smallest absolute Gasteiger partial charge is 0.187 e. The van der Waals surface area contributed by atoms with Gasteiger partial charge in [0.1, 0.15) is 97.7 Å². The van der Waals surface area contributed by atoms with E-state index in [1.807, 2.05) is 0 Å². The van der Waals surface area contributed by atoms with E-state index in [1.54, 1.807) is 0 Å². The number of hydrogen-bond acceptors (Lipinski definition) is 22. The minimum absolute atomic E-state index is 0.808. The average molecular weight is 682 g/mol. The van der Waals surface area contributed by atoms with Crippen LogP contribution in [0.3, 0.4) is 0 Å². The second-order valence-corrected chi connectivity index (χ2v) is 10.9. The second-order valence-electron chi connectivity index (χ2n) is 10.9. The lowest BCUT2D eigenvalue weighted by atomic mass is 9.96. The highest BCUT2D eigenvalue weighted by atomic mass is 16.8. The first-order valence-corrected chi connectivity index (χ1v) is 14.0. The number of hydrogen-bond donors (Lipinski definition) is 14. The van der Waals surface area contributed by atoms with E-state index < -0.39 is 149 Å². The molecule has 3 fully saturated rings. The Morgan fingerprint density at radius 2 is 1.02 bits per heavy atom. The molecular weight excluding hydrogens is 640 g/mol. The topological polar surface area (TPSA) is 379 Å². The maximum absolute atomic E-state index is 11.0. The summed E-state index contributed by atoms with van der Waals surface area (Å²) in [5.41, 5.74) is 0. The van der Waals surface area contributed by atoms with Crippen molar-refractivity contribution in [1.82, 2.24) is 0 Å². The minimum Gasteiger partial charge on any atom is -0.547 e. The van der Waals surface area contributed by atoms with E-state index in [4.69, 9.17) is 28.4 Å². The predicted molar refractivity (Wildman–Crippen MR) is 134 cm³/mol. The Balaban J connectivity index is 1.73. The Morgan fingerprint density at radius 1 is 0.609 bits per heavy atom. The van der Waals surface area contributed by atoms with Gasteiger partial charge in [0.25, 0.3) is 0 Å². The summed E-state index contributed by atoms with van der Waals surface area (Å²) in [5.74, 6) is -2.19. The molecular formula is C24H41O22-. The number of carbonyl (C=O) groups excluding carboxylic acids is 1. The fourth-order valence-electron chi connectivity index (χ4n) is 5.13. The minimum atomic E-state index is -2.65. The van der Waals surface area contributed by atoms with Crippen LogP contribution in [0.5, 0.6) is 0 Å². The molecule has 270 valence electrons. The Labute approximate surface area is 259 Å². The summed E-state index contributed by atoms with van der Waals surface area (Å²) < 4.78 is 32.1. The van der Waals surface area contributed by atoms with Crippen LogP contribution in [-0.2, 0) is 33.2 Å². The molecule has 0 aromatic carbocycles. The Kier molecular flexibility index (Phi) is 14.3. The van der Waals surface area contributed by atoms with Crippen molar-refractivity contribution in [2.45, 2.75) is 117 Å². The largest absolute Gasteiger partial charge is 0.547 e. The van der Waals surface area contributed by atoms with Gasteiger partial charge >= 0.3 is 0 Å². The van der Waals surface area contributed by atoms with Crippen LogP contribution >= 0.6 is 0 Å². The van der Waals surface area contributed by atoms with Crippen LogP contribution in [0, 0.1) is 0 Å². The van der Waals surface area contributed by atoms with Gasteiger partial charge in [-0.1, -0.05) is 0 Å². The van der Waals surface area contributed by atoms with E-state index >= 15 is 0 Å². The summed E-state index contributed by atoms with van der Waals surface area (Å²) >= 11 is 0. The van der Waals surface area contributed by atoms with Gasteiger partial charge < -0.3 is 110 Å². The first kappa shape index (κ1) is 39.1. The average Bonchev–Trinajstić information content (AvgIpc) is 3.04. The molecule has 0 aliphatic carbocycles. The molecule has 0 unspecified atom stereocenters. The number of aliphatic carboxylic acids is 1. The van der Waals surface area contributed by atoms with Crippen molar-refractivity contribution in [3.8, 4) is 0 Å². The molecule has 0 radical (unpaired) electrons. The molecule has 0 aromatic rings. The number of carboxylic acid groups (broad SMARTS) is 1. The number of carbonyl (C=O) groups is 1. The number of rotatable bonds is 14. The molecule has 14 N–H and O–H groups in total. The van der Waals surface area contributed by atoms with Crippen molar-refractivity contribution in [2.75, 3.05) is 26.4 Å². The van der Waals surface area contributed by atoms with Crippen molar-refractivity contribution in [3.05, 3.63) is 0 Å². The zero-order chi connectivity index (χ0) is 34.6. The van der Waals surface area contributed by atoms with Gasteiger partial charge in [-0.05, 0) is 0 Å². The van der Waals surface area contributed by atoms with Crippen LogP contribution in [0.2, 0.25) is 0 Å². The van der Waals surface area contributed by atoms with Crippen molar-refractivity contribution in [1.29, 1.82) is 0 Å². The lowest BCUT2D eigenvalue weighted by Crippen LogP contribution is -2.67. The van der Waals surface area contributed by atoms with E-state index in [-0.39, 0.29) is 0 Å². The summed E-state index contributed by atoms with van der Waals surface area (Å²) in [4.78, 5) is 11.0. The van der Waals surface area contributed by atoms with Gasteiger partial charge in [-0.25, -0.2) is 0 Å². The van der Waals surface area contributed by atoms with Crippen LogP contribution in [0.4, 0.5) is 0 Å².